The van der Waals surface area contributed by atoms with Crippen molar-refractivity contribution in [1.82, 2.24) is 0 Å². The molecular weight excluding hydrogens is 218 g/mol. The van der Waals surface area contributed by atoms with Gasteiger partial charge in [-0.1, -0.05) is 12.1 Å². The quantitative estimate of drug-likeness (QED) is 0.783. The molecule has 0 amide bonds. The molecule has 0 spiro atoms. The molecule has 0 aliphatic carbocycles. The maximum absolute atomic E-state index is 11.2. The Morgan fingerprint density at radius 3 is 3.06 bits per heavy atom. The van der Waals surface area contributed by atoms with E-state index in [0.717, 1.165) is 24.2 Å². The Hall–Kier alpha value is -1.55. The van der Waals surface area contributed by atoms with Crippen molar-refractivity contribution in [2.24, 2.45) is 0 Å². The van der Waals surface area contributed by atoms with Crippen LogP contribution in [0.25, 0.3) is 0 Å². The molecule has 1 aromatic carbocycles. The third kappa shape index (κ3) is 2.58. The monoisotopic (exact) mass is 235 g/mol. The van der Waals surface area contributed by atoms with Crippen LogP contribution < -0.4 is 4.90 Å². The number of ether oxygens (including phenoxy) is 1. The van der Waals surface area contributed by atoms with Crippen LogP contribution in [-0.2, 0) is 22.4 Å². The molecule has 0 aromatic heterocycles. The van der Waals surface area contributed by atoms with Gasteiger partial charge >= 0.3 is 5.97 Å². The first-order valence-electron chi connectivity index (χ1n) is 5.79. The van der Waals surface area contributed by atoms with Gasteiger partial charge in [0.25, 0.3) is 0 Å². The lowest BCUT2D eigenvalue weighted by atomic mass is 10.1. The van der Waals surface area contributed by atoms with E-state index >= 15 is 0 Å². The molecule has 1 N–H and O–H groups in total. The number of benzene rings is 1. The highest BCUT2D eigenvalue weighted by Gasteiger charge is 2.19. The van der Waals surface area contributed by atoms with E-state index in [-0.39, 0.29) is 12.6 Å². The lowest BCUT2D eigenvalue weighted by Crippen LogP contribution is -2.24. The van der Waals surface area contributed by atoms with E-state index in [1.54, 1.807) is 0 Å². The Morgan fingerprint density at radius 2 is 2.35 bits per heavy atom. The van der Waals surface area contributed by atoms with Crippen LogP contribution in [0.1, 0.15) is 11.1 Å². The SMILES string of the molecule is COC(=O)Cc1ccc2c(c1)N(CCO)CC2. The first-order valence-corrected chi connectivity index (χ1v) is 5.79. The molecule has 4 heteroatoms. The van der Waals surface area contributed by atoms with Crippen LogP contribution in [0.3, 0.4) is 0 Å². The molecule has 0 unspecified atom stereocenters. The smallest absolute Gasteiger partial charge is 0.309 e. The van der Waals surface area contributed by atoms with Gasteiger partial charge in [0.1, 0.15) is 0 Å². The molecule has 1 aromatic rings. The number of esters is 1. The van der Waals surface area contributed by atoms with Crippen LogP contribution in [-0.4, -0.2) is 37.9 Å². The predicted molar refractivity (Wildman–Crippen MR) is 65.2 cm³/mol. The van der Waals surface area contributed by atoms with Crippen LogP contribution in [0.5, 0.6) is 0 Å². The molecule has 0 fully saturated rings. The second kappa shape index (κ2) is 5.19. The summed E-state index contributed by atoms with van der Waals surface area (Å²) in [5.41, 5.74) is 3.38. The van der Waals surface area contributed by atoms with Crippen LogP contribution in [0.2, 0.25) is 0 Å². The van der Waals surface area contributed by atoms with Gasteiger partial charge in [-0.3, -0.25) is 4.79 Å². The number of aliphatic hydroxyl groups excluding tert-OH is 1. The third-order valence-electron chi connectivity index (χ3n) is 3.09. The summed E-state index contributed by atoms with van der Waals surface area (Å²) in [7, 11) is 1.40. The van der Waals surface area contributed by atoms with E-state index < -0.39 is 0 Å². The lowest BCUT2D eigenvalue weighted by Gasteiger charge is -2.18. The van der Waals surface area contributed by atoms with Crippen molar-refractivity contribution >= 4 is 11.7 Å². The molecule has 17 heavy (non-hydrogen) atoms. The predicted octanol–water partition coefficient (Wildman–Crippen LogP) is 0.757. The second-order valence-electron chi connectivity index (χ2n) is 4.18. The van der Waals surface area contributed by atoms with Crippen molar-refractivity contribution in [1.29, 1.82) is 0 Å². The van der Waals surface area contributed by atoms with Crippen LogP contribution in [0.15, 0.2) is 18.2 Å². The van der Waals surface area contributed by atoms with Gasteiger partial charge in [-0.25, -0.2) is 0 Å². The highest BCUT2D eigenvalue weighted by atomic mass is 16.5. The van der Waals surface area contributed by atoms with Crippen LogP contribution in [0, 0.1) is 0 Å². The van der Waals surface area contributed by atoms with Crippen LogP contribution in [0.4, 0.5) is 5.69 Å². The van der Waals surface area contributed by atoms with Crippen molar-refractivity contribution in [3.05, 3.63) is 29.3 Å². The molecule has 0 radical (unpaired) electrons. The number of nitrogens with zero attached hydrogens (tertiary/aromatic N) is 1. The summed E-state index contributed by atoms with van der Waals surface area (Å²) in [4.78, 5) is 13.4. The zero-order valence-corrected chi connectivity index (χ0v) is 9.98. The average Bonchev–Trinajstić information content (AvgIpc) is 2.73. The van der Waals surface area contributed by atoms with E-state index in [1.807, 2.05) is 12.1 Å². The molecule has 1 aliphatic rings. The molecule has 2 rings (SSSR count). The van der Waals surface area contributed by atoms with Crippen molar-refractivity contribution in [2.45, 2.75) is 12.8 Å². The molecule has 0 atom stereocenters. The largest absolute Gasteiger partial charge is 0.469 e. The number of aliphatic hydroxyl groups is 1. The van der Waals surface area contributed by atoms with E-state index in [2.05, 4.69) is 15.7 Å². The number of carbonyl (C=O) groups excluding carboxylic acids is 1. The number of methoxy groups -OCH3 is 1. The van der Waals surface area contributed by atoms with Gasteiger partial charge in [0.2, 0.25) is 0 Å². The van der Waals surface area contributed by atoms with E-state index in [9.17, 15) is 4.79 Å². The topological polar surface area (TPSA) is 49.8 Å². The highest BCUT2D eigenvalue weighted by molar-refractivity contribution is 5.73. The van der Waals surface area contributed by atoms with Gasteiger partial charge in [-0.05, 0) is 23.6 Å². The molecule has 0 saturated heterocycles. The van der Waals surface area contributed by atoms with Crippen molar-refractivity contribution in [2.75, 3.05) is 31.7 Å². The van der Waals surface area contributed by atoms with Crippen molar-refractivity contribution < 1.29 is 14.6 Å². The zero-order valence-electron chi connectivity index (χ0n) is 9.98. The molecular formula is C13H17NO3. The fourth-order valence-corrected chi connectivity index (χ4v) is 2.19. The number of β-amino-alcohol motifs (C(OH)–C–C–N with tert-alkyl or cyclic N) is 1. The summed E-state index contributed by atoms with van der Waals surface area (Å²) in [5, 5.41) is 8.99. The summed E-state index contributed by atoms with van der Waals surface area (Å²) in [6.45, 7) is 1.74. The highest BCUT2D eigenvalue weighted by Crippen LogP contribution is 2.28. The fraction of sp³-hybridized carbons (Fsp3) is 0.462. The summed E-state index contributed by atoms with van der Waals surface area (Å²) >= 11 is 0. The van der Waals surface area contributed by atoms with Gasteiger partial charge in [0.05, 0.1) is 20.1 Å². The first kappa shape index (κ1) is 11.9. The average molecular weight is 235 g/mol. The number of anilines is 1. The van der Waals surface area contributed by atoms with Crippen LogP contribution >= 0.6 is 0 Å². The second-order valence-corrected chi connectivity index (χ2v) is 4.18. The zero-order chi connectivity index (χ0) is 12.3. The lowest BCUT2D eigenvalue weighted by molar-refractivity contribution is -0.139. The minimum absolute atomic E-state index is 0.153. The normalized spacial score (nSPS) is 13.6. The maximum Gasteiger partial charge on any atom is 0.309 e. The number of carbonyl (C=O) groups is 1. The summed E-state index contributed by atoms with van der Waals surface area (Å²) in [6.07, 6.45) is 1.31. The number of fused-ring (bicyclic) bond motifs is 1. The van der Waals surface area contributed by atoms with Gasteiger partial charge in [0.15, 0.2) is 0 Å². The van der Waals surface area contributed by atoms with E-state index in [1.165, 1.54) is 12.7 Å². The first-order chi connectivity index (χ1) is 8.24. The van der Waals surface area contributed by atoms with Gasteiger partial charge in [-0.15, -0.1) is 0 Å². The molecule has 1 aliphatic heterocycles. The van der Waals surface area contributed by atoms with Gasteiger partial charge < -0.3 is 14.7 Å². The van der Waals surface area contributed by atoms with Gasteiger partial charge in [-0.2, -0.15) is 0 Å². The number of hydrogen-bond donors (Lipinski definition) is 1. The molecule has 1 heterocycles. The Kier molecular flexibility index (Phi) is 3.64. The summed E-state index contributed by atoms with van der Waals surface area (Å²) in [6, 6.07) is 6.05. The van der Waals surface area contributed by atoms with E-state index in [0.29, 0.717) is 13.0 Å². The van der Waals surface area contributed by atoms with E-state index in [4.69, 9.17) is 5.11 Å². The minimum Gasteiger partial charge on any atom is -0.469 e. The summed E-state index contributed by atoms with van der Waals surface area (Å²) < 4.78 is 4.66. The number of hydrogen-bond acceptors (Lipinski definition) is 4. The van der Waals surface area contributed by atoms with Crippen molar-refractivity contribution in [3.8, 4) is 0 Å². The Labute approximate surface area is 101 Å². The minimum atomic E-state index is -0.225. The molecule has 0 bridgehead atoms. The molecule has 0 saturated carbocycles. The Morgan fingerprint density at radius 1 is 1.53 bits per heavy atom. The Balaban J connectivity index is 2.17. The molecule has 4 nitrogen and oxygen atoms in total. The Bertz CT molecular complexity index is 415. The summed E-state index contributed by atoms with van der Waals surface area (Å²) in [5.74, 6) is -0.225. The van der Waals surface area contributed by atoms with Gasteiger partial charge in [0, 0.05) is 18.8 Å². The van der Waals surface area contributed by atoms with Crippen molar-refractivity contribution in [3.63, 3.8) is 0 Å². The fourth-order valence-electron chi connectivity index (χ4n) is 2.19. The maximum atomic E-state index is 11.2. The number of rotatable bonds is 4. The standard InChI is InChI=1S/C13H17NO3/c1-17-13(16)9-10-2-3-11-4-5-14(6-7-15)12(11)8-10/h2-3,8,15H,4-7,9H2,1H3. The molecule has 92 valence electrons. The third-order valence-corrected chi connectivity index (χ3v) is 3.09.